The molecule has 3 aromatic rings. The van der Waals surface area contributed by atoms with E-state index < -0.39 is 6.10 Å². The van der Waals surface area contributed by atoms with Gasteiger partial charge in [0.05, 0.1) is 16.6 Å². The molecule has 2 N–H and O–H groups in total. The number of amides is 1. The number of carbonyl (C=O) groups excluding carboxylic acids is 1. The fraction of sp³-hybridized carbons (Fsp3) is 0.357. The van der Waals surface area contributed by atoms with Gasteiger partial charge in [0.1, 0.15) is 15.8 Å². The maximum Gasteiger partial charge on any atom is 0.267 e. The fourth-order valence-corrected chi connectivity index (χ4v) is 5.57. The topological polar surface area (TPSA) is 86.9 Å². The summed E-state index contributed by atoms with van der Waals surface area (Å²) in [6.07, 6.45) is 6.70. The number of hydrogen-bond donors (Lipinski definition) is 2. The standard InChI is InChI=1S/C28H32N4O3S2/c1-3-5-11-19(4-2)18-32-27(35)23(37-28(32)36)16-21-25(29-17-22(33)20-12-7-6-8-13-20)30-24-14-9-10-15-31(24)26(21)34/h6-10,12-16,19,22,29,33H,3-5,11,17-18H2,1-2H3/b23-16-/t19-,22-/m1/s1. The summed E-state index contributed by atoms with van der Waals surface area (Å²) in [5.74, 6) is 0.509. The van der Waals surface area contributed by atoms with Crippen LogP contribution in [-0.4, -0.2) is 42.7 Å². The summed E-state index contributed by atoms with van der Waals surface area (Å²) >= 11 is 6.76. The summed E-state index contributed by atoms with van der Waals surface area (Å²) in [6, 6.07) is 14.6. The van der Waals surface area contributed by atoms with Gasteiger partial charge >= 0.3 is 0 Å². The number of aromatic nitrogens is 2. The van der Waals surface area contributed by atoms with Gasteiger partial charge in [-0.15, -0.1) is 0 Å². The molecular weight excluding hydrogens is 504 g/mol. The lowest BCUT2D eigenvalue weighted by molar-refractivity contribution is -0.122. The number of carbonyl (C=O) groups is 1. The molecule has 0 radical (unpaired) electrons. The summed E-state index contributed by atoms with van der Waals surface area (Å²) < 4.78 is 1.96. The minimum atomic E-state index is -0.794. The molecule has 3 heterocycles. The molecule has 4 rings (SSSR count). The highest BCUT2D eigenvalue weighted by Crippen LogP contribution is 2.34. The molecule has 1 saturated heterocycles. The first-order chi connectivity index (χ1) is 17.9. The van der Waals surface area contributed by atoms with Crippen molar-refractivity contribution >= 4 is 51.7 Å². The first-order valence-corrected chi connectivity index (χ1v) is 13.9. The van der Waals surface area contributed by atoms with Gasteiger partial charge in [0, 0.05) is 19.3 Å². The van der Waals surface area contributed by atoms with Gasteiger partial charge < -0.3 is 10.4 Å². The Bertz CT molecular complexity index is 1360. The predicted molar refractivity (Wildman–Crippen MR) is 155 cm³/mol. The smallest absolute Gasteiger partial charge is 0.267 e. The highest BCUT2D eigenvalue weighted by molar-refractivity contribution is 8.26. The van der Waals surface area contributed by atoms with E-state index in [1.165, 1.54) is 16.2 Å². The average molecular weight is 537 g/mol. The molecular formula is C28H32N4O3S2. The van der Waals surface area contributed by atoms with Gasteiger partial charge in [0.25, 0.3) is 11.5 Å². The van der Waals surface area contributed by atoms with Crippen molar-refractivity contribution in [3.05, 3.63) is 81.1 Å². The molecule has 0 aliphatic carbocycles. The first-order valence-electron chi connectivity index (χ1n) is 12.7. The van der Waals surface area contributed by atoms with Crippen LogP contribution in [0.15, 0.2) is 64.4 Å². The highest BCUT2D eigenvalue weighted by atomic mass is 32.2. The molecule has 194 valence electrons. The van der Waals surface area contributed by atoms with Crippen molar-refractivity contribution in [3.63, 3.8) is 0 Å². The van der Waals surface area contributed by atoms with Gasteiger partial charge in [-0.25, -0.2) is 4.98 Å². The third kappa shape index (κ3) is 6.29. The van der Waals surface area contributed by atoms with Crippen LogP contribution in [0.5, 0.6) is 0 Å². The van der Waals surface area contributed by atoms with Gasteiger partial charge in [0.2, 0.25) is 0 Å². The van der Waals surface area contributed by atoms with E-state index in [0.717, 1.165) is 31.2 Å². The molecule has 1 amide bonds. The van der Waals surface area contributed by atoms with Crippen molar-refractivity contribution in [3.8, 4) is 0 Å². The Hall–Kier alpha value is -3.01. The zero-order valence-electron chi connectivity index (χ0n) is 21.1. The highest BCUT2D eigenvalue weighted by Gasteiger charge is 2.33. The van der Waals surface area contributed by atoms with Crippen LogP contribution in [0.25, 0.3) is 11.7 Å². The number of thioether (sulfide) groups is 1. The van der Waals surface area contributed by atoms with Gasteiger partial charge in [-0.2, -0.15) is 0 Å². The number of aliphatic hydroxyl groups excluding tert-OH is 1. The van der Waals surface area contributed by atoms with Gasteiger partial charge in [-0.05, 0) is 36.1 Å². The number of unbranched alkanes of at least 4 members (excludes halogenated alkanes) is 1. The van der Waals surface area contributed by atoms with Crippen LogP contribution in [0, 0.1) is 5.92 Å². The maximum atomic E-state index is 13.5. The summed E-state index contributed by atoms with van der Waals surface area (Å²) in [5, 5.41) is 13.8. The van der Waals surface area contributed by atoms with Gasteiger partial charge in [-0.3, -0.25) is 18.9 Å². The zero-order chi connectivity index (χ0) is 26.4. The van der Waals surface area contributed by atoms with Crippen molar-refractivity contribution in [2.45, 2.75) is 45.6 Å². The summed E-state index contributed by atoms with van der Waals surface area (Å²) in [5.41, 5.74) is 1.17. The summed E-state index contributed by atoms with van der Waals surface area (Å²) in [4.78, 5) is 33.5. The molecule has 0 spiro atoms. The van der Waals surface area contributed by atoms with E-state index in [1.54, 1.807) is 35.4 Å². The second-order valence-corrected chi connectivity index (χ2v) is 10.8. The Balaban J connectivity index is 1.65. The quantitative estimate of drug-likeness (QED) is 0.255. The average Bonchev–Trinajstić information content (AvgIpc) is 3.18. The molecule has 0 saturated carbocycles. The Morgan fingerprint density at radius 1 is 1.14 bits per heavy atom. The second-order valence-electron chi connectivity index (χ2n) is 9.12. The second kappa shape index (κ2) is 12.5. The van der Waals surface area contributed by atoms with E-state index in [-0.39, 0.29) is 23.6 Å². The van der Waals surface area contributed by atoms with Crippen molar-refractivity contribution in [2.24, 2.45) is 5.92 Å². The number of aliphatic hydroxyl groups is 1. The largest absolute Gasteiger partial charge is 0.387 e. The fourth-order valence-electron chi connectivity index (χ4n) is 4.32. The molecule has 0 unspecified atom stereocenters. The predicted octanol–water partition coefficient (Wildman–Crippen LogP) is 5.26. The Labute approximate surface area is 226 Å². The molecule has 1 aliphatic heterocycles. The van der Waals surface area contributed by atoms with Crippen molar-refractivity contribution in [1.82, 2.24) is 14.3 Å². The zero-order valence-corrected chi connectivity index (χ0v) is 22.7. The maximum absolute atomic E-state index is 13.5. The van der Waals surface area contributed by atoms with E-state index in [9.17, 15) is 14.7 Å². The molecule has 2 aromatic heterocycles. The minimum absolute atomic E-state index is 0.150. The van der Waals surface area contributed by atoms with Crippen molar-refractivity contribution in [1.29, 1.82) is 0 Å². The van der Waals surface area contributed by atoms with Crippen LogP contribution in [0.4, 0.5) is 5.82 Å². The Kier molecular flexibility index (Phi) is 9.13. The number of nitrogens with one attached hydrogen (secondary N) is 1. The number of benzene rings is 1. The number of pyridine rings is 1. The van der Waals surface area contributed by atoms with Gasteiger partial charge in [-0.1, -0.05) is 93.5 Å². The van der Waals surface area contributed by atoms with E-state index >= 15 is 0 Å². The number of fused-ring (bicyclic) bond motifs is 1. The summed E-state index contributed by atoms with van der Waals surface area (Å²) in [6.45, 7) is 5.03. The van der Waals surface area contributed by atoms with Crippen LogP contribution in [0.3, 0.4) is 0 Å². The van der Waals surface area contributed by atoms with Crippen LogP contribution >= 0.6 is 24.0 Å². The SMILES string of the molecule is CCCC[C@@H](CC)CN1C(=O)/C(=C/c2c(NC[C@@H](O)c3ccccc3)nc3ccccn3c2=O)SC1=S. The normalized spacial score (nSPS) is 16.5. The van der Waals surface area contributed by atoms with E-state index in [0.29, 0.717) is 33.2 Å². The molecule has 9 heteroatoms. The minimum Gasteiger partial charge on any atom is -0.387 e. The Morgan fingerprint density at radius 2 is 1.89 bits per heavy atom. The third-order valence-electron chi connectivity index (χ3n) is 6.55. The first kappa shape index (κ1) is 27.0. The van der Waals surface area contributed by atoms with Crippen LogP contribution in [-0.2, 0) is 4.79 Å². The molecule has 2 atom stereocenters. The molecule has 7 nitrogen and oxygen atoms in total. The molecule has 1 fully saturated rings. The summed E-state index contributed by atoms with van der Waals surface area (Å²) in [7, 11) is 0. The monoisotopic (exact) mass is 536 g/mol. The lowest BCUT2D eigenvalue weighted by Crippen LogP contribution is -2.33. The van der Waals surface area contributed by atoms with Gasteiger partial charge in [0.15, 0.2) is 0 Å². The van der Waals surface area contributed by atoms with Crippen molar-refractivity contribution < 1.29 is 9.90 Å². The van der Waals surface area contributed by atoms with E-state index in [2.05, 4.69) is 24.1 Å². The lowest BCUT2D eigenvalue weighted by Gasteiger charge is -2.21. The van der Waals surface area contributed by atoms with Crippen LogP contribution in [0.1, 0.15) is 56.8 Å². The number of thiocarbonyl (C=S) groups is 1. The van der Waals surface area contributed by atoms with Crippen LogP contribution in [0.2, 0.25) is 0 Å². The number of nitrogens with zero attached hydrogens (tertiary/aromatic N) is 3. The van der Waals surface area contributed by atoms with Crippen LogP contribution < -0.4 is 10.9 Å². The lowest BCUT2D eigenvalue weighted by atomic mass is 9.99. The molecule has 37 heavy (non-hydrogen) atoms. The Morgan fingerprint density at radius 3 is 2.62 bits per heavy atom. The van der Waals surface area contributed by atoms with E-state index in [4.69, 9.17) is 12.2 Å². The van der Waals surface area contributed by atoms with E-state index in [1.807, 2.05) is 30.3 Å². The molecule has 0 bridgehead atoms. The molecule has 1 aliphatic rings. The number of anilines is 1. The van der Waals surface area contributed by atoms with Crippen molar-refractivity contribution in [2.75, 3.05) is 18.4 Å². The number of hydrogen-bond acceptors (Lipinski definition) is 7. The molecule has 1 aromatic carbocycles. The third-order valence-corrected chi connectivity index (χ3v) is 7.93. The number of rotatable bonds is 11.